The Morgan fingerprint density at radius 1 is 1.25 bits per heavy atom. The van der Waals surface area contributed by atoms with Crippen molar-refractivity contribution in [1.82, 2.24) is 9.97 Å². The number of hydrogen-bond donors (Lipinski definition) is 0. The normalized spacial score (nSPS) is 10.7. The molecule has 0 unspecified atom stereocenters. The fourth-order valence-corrected chi connectivity index (χ4v) is 1.81. The summed E-state index contributed by atoms with van der Waals surface area (Å²) in [6.45, 7) is 6.00. The van der Waals surface area contributed by atoms with Crippen molar-refractivity contribution in [2.45, 2.75) is 13.8 Å². The smallest absolute Gasteiger partial charge is 0.225 e. The lowest BCUT2D eigenvalue weighted by Gasteiger charge is -2.18. The standard InChI is InChI=1S/C12H14ClN3/c1-3-16(4-2)12-14-8-9-5-6-10(13)7-11(9)15-12/h5-8H,3-4H2,1-2H3. The molecule has 0 saturated carbocycles. The summed E-state index contributed by atoms with van der Waals surface area (Å²) in [5, 5.41) is 1.72. The van der Waals surface area contributed by atoms with Crippen molar-refractivity contribution in [2.24, 2.45) is 0 Å². The molecule has 0 saturated heterocycles. The van der Waals surface area contributed by atoms with Crippen LogP contribution in [0.15, 0.2) is 24.4 Å². The predicted molar refractivity (Wildman–Crippen MR) is 68.1 cm³/mol. The van der Waals surface area contributed by atoms with Gasteiger partial charge < -0.3 is 4.90 Å². The monoisotopic (exact) mass is 235 g/mol. The summed E-state index contributed by atoms with van der Waals surface area (Å²) in [5.41, 5.74) is 0.893. The zero-order valence-electron chi connectivity index (χ0n) is 9.44. The quantitative estimate of drug-likeness (QED) is 0.819. The van der Waals surface area contributed by atoms with Gasteiger partial charge in [0.15, 0.2) is 0 Å². The maximum absolute atomic E-state index is 5.94. The second-order valence-electron chi connectivity index (χ2n) is 3.55. The van der Waals surface area contributed by atoms with Crippen LogP contribution in [0.2, 0.25) is 5.02 Å². The average Bonchev–Trinajstić information content (AvgIpc) is 2.30. The van der Waals surface area contributed by atoms with Crippen LogP contribution in [-0.4, -0.2) is 23.1 Å². The van der Waals surface area contributed by atoms with Gasteiger partial charge in [-0.15, -0.1) is 0 Å². The first-order chi connectivity index (χ1) is 7.74. The molecule has 2 aromatic rings. The molecule has 0 aliphatic carbocycles. The molecule has 0 atom stereocenters. The Kier molecular flexibility index (Phi) is 3.25. The average molecular weight is 236 g/mol. The number of halogens is 1. The van der Waals surface area contributed by atoms with Gasteiger partial charge >= 0.3 is 0 Å². The van der Waals surface area contributed by atoms with Crippen LogP contribution in [0.5, 0.6) is 0 Å². The van der Waals surface area contributed by atoms with E-state index in [1.165, 1.54) is 0 Å². The van der Waals surface area contributed by atoms with Crippen molar-refractivity contribution in [3.05, 3.63) is 29.4 Å². The Morgan fingerprint density at radius 2 is 2.00 bits per heavy atom. The summed E-state index contributed by atoms with van der Waals surface area (Å²) >= 11 is 5.94. The molecule has 0 fully saturated rings. The Hall–Kier alpha value is -1.35. The molecule has 0 N–H and O–H groups in total. The summed E-state index contributed by atoms with van der Waals surface area (Å²) in [7, 11) is 0. The number of hydrogen-bond acceptors (Lipinski definition) is 3. The van der Waals surface area contributed by atoms with Crippen LogP contribution >= 0.6 is 11.6 Å². The highest BCUT2D eigenvalue weighted by Gasteiger charge is 2.06. The van der Waals surface area contributed by atoms with E-state index in [-0.39, 0.29) is 0 Å². The second-order valence-corrected chi connectivity index (χ2v) is 3.98. The third-order valence-electron chi connectivity index (χ3n) is 2.58. The van der Waals surface area contributed by atoms with Gasteiger partial charge in [-0.2, -0.15) is 0 Å². The van der Waals surface area contributed by atoms with Gasteiger partial charge in [0.2, 0.25) is 5.95 Å². The fraction of sp³-hybridized carbons (Fsp3) is 0.333. The van der Waals surface area contributed by atoms with E-state index in [0.717, 1.165) is 29.9 Å². The highest BCUT2D eigenvalue weighted by molar-refractivity contribution is 6.31. The van der Waals surface area contributed by atoms with Crippen molar-refractivity contribution < 1.29 is 0 Å². The molecule has 4 heteroatoms. The van der Waals surface area contributed by atoms with E-state index < -0.39 is 0 Å². The molecular weight excluding hydrogens is 222 g/mol. The summed E-state index contributed by atoms with van der Waals surface area (Å²) in [4.78, 5) is 11.0. The number of rotatable bonds is 3. The summed E-state index contributed by atoms with van der Waals surface area (Å²) in [6.07, 6.45) is 1.84. The molecule has 1 heterocycles. The molecule has 0 radical (unpaired) electrons. The molecule has 0 amide bonds. The number of fused-ring (bicyclic) bond motifs is 1. The lowest BCUT2D eigenvalue weighted by Crippen LogP contribution is -2.24. The fourth-order valence-electron chi connectivity index (χ4n) is 1.65. The van der Waals surface area contributed by atoms with Gasteiger partial charge in [-0.25, -0.2) is 9.97 Å². The molecule has 2 rings (SSSR count). The number of anilines is 1. The number of nitrogens with zero attached hydrogens (tertiary/aromatic N) is 3. The molecule has 3 nitrogen and oxygen atoms in total. The molecule has 84 valence electrons. The Labute approximate surface area is 100 Å². The van der Waals surface area contributed by atoms with Crippen LogP contribution < -0.4 is 4.90 Å². The van der Waals surface area contributed by atoms with Crippen LogP contribution in [0.25, 0.3) is 10.9 Å². The van der Waals surface area contributed by atoms with E-state index in [1.54, 1.807) is 0 Å². The van der Waals surface area contributed by atoms with Gasteiger partial charge in [-0.05, 0) is 32.0 Å². The van der Waals surface area contributed by atoms with E-state index in [2.05, 4.69) is 28.7 Å². The van der Waals surface area contributed by atoms with Gasteiger partial charge in [0.25, 0.3) is 0 Å². The van der Waals surface area contributed by atoms with Crippen LogP contribution in [0.4, 0.5) is 5.95 Å². The topological polar surface area (TPSA) is 29.0 Å². The third kappa shape index (κ3) is 2.09. The van der Waals surface area contributed by atoms with Crippen molar-refractivity contribution in [2.75, 3.05) is 18.0 Å². The van der Waals surface area contributed by atoms with E-state index >= 15 is 0 Å². The lowest BCUT2D eigenvalue weighted by atomic mass is 10.2. The Balaban J connectivity index is 2.49. The van der Waals surface area contributed by atoms with E-state index in [1.807, 2.05) is 24.4 Å². The van der Waals surface area contributed by atoms with Gasteiger partial charge in [0.1, 0.15) is 0 Å². The maximum Gasteiger partial charge on any atom is 0.225 e. The Morgan fingerprint density at radius 3 is 2.69 bits per heavy atom. The second kappa shape index (κ2) is 4.66. The summed E-state index contributed by atoms with van der Waals surface area (Å²) in [6, 6.07) is 5.65. The third-order valence-corrected chi connectivity index (χ3v) is 2.81. The Bertz CT molecular complexity index is 495. The predicted octanol–water partition coefficient (Wildman–Crippen LogP) is 3.13. The lowest BCUT2D eigenvalue weighted by molar-refractivity contribution is 0.826. The van der Waals surface area contributed by atoms with Gasteiger partial charge in [0, 0.05) is 29.7 Å². The first kappa shape index (κ1) is 11.1. The van der Waals surface area contributed by atoms with Crippen LogP contribution in [0, 0.1) is 0 Å². The van der Waals surface area contributed by atoms with Crippen molar-refractivity contribution >= 4 is 28.5 Å². The highest BCUT2D eigenvalue weighted by Crippen LogP contribution is 2.19. The first-order valence-electron chi connectivity index (χ1n) is 5.41. The van der Waals surface area contributed by atoms with Crippen molar-refractivity contribution in [1.29, 1.82) is 0 Å². The van der Waals surface area contributed by atoms with Crippen LogP contribution in [-0.2, 0) is 0 Å². The van der Waals surface area contributed by atoms with Crippen LogP contribution in [0.3, 0.4) is 0 Å². The molecule has 0 spiro atoms. The maximum atomic E-state index is 5.94. The SMILES string of the molecule is CCN(CC)c1ncc2ccc(Cl)cc2n1. The number of benzene rings is 1. The molecular formula is C12H14ClN3. The molecule has 0 aliphatic heterocycles. The largest absolute Gasteiger partial charge is 0.341 e. The molecule has 1 aromatic heterocycles. The first-order valence-corrected chi connectivity index (χ1v) is 5.79. The van der Waals surface area contributed by atoms with Crippen molar-refractivity contribution in [3.63, 3.8) is 0 Å². The van der Waals surface area contributed by atoms with Crippen molar-refractivity contribution in [3.8, 4) is 0 Å². The van der Waals surface area contributed by atoms with Crippen LogP contribution in [0.1, 0.15) is 13.8 Å². The highest BCUT2D eigenvalue weighted by atomic mass is 35.5. The van der Waals surface area contributed by atoms with E-state index in [0.29, 0.717) is 5.02 Å². The molecule has 0 aliphatic rings. The zero-order chi connectivity index (χ0) is 11.5. The van der Waals surface area contributed by atoms with E-state index in [4.69, 9.17) is 11.6 Å². The molecule has 1 aromatic carbocycles. The minimum absolute atomic E-state index is 0.705. The van der Waals surface area contributed by atoms with E-state index in [9.17, 15) is 0 Å². The molecule has 16 heavy (non-hydrogen) atoms. The van der Waals surface area contributed by atoms with Gasteiger partial charge in [-0.1, -0.05) is 11.6 Å². The minimum atomic E-state index is 0.705. The summed E-state index contributed by atoms with van der Waals surface area (Å²) in [5.74, 6) is 0.764. The van der Waals surface area contributed by atoms with Gasteiger partial charge in [-0.3, -0.25) is 0 Å². The minimum Gasteiger partial charge on any atom is -0.341 e. The number of aromatic nitrogens is 2. The molecule has 0 bridgehead atoms. The van der Waals surface area contributed by atoms with Gasteiger partial charge in [0.05, 0.1) is 5.52 Å². The summed E-state index contributed by atoms with van der Waals surface area (Å²) < 4.78 is 0. The zero-order valence-corrected chi connectivity index (χ0v) is 10.2.